The van der Waals surface area contributed by atoms with Gasteiger partial charge in [-0.15, -0.1) is 10.2 Å². The van der Waals surface area contributed by atoms with Crippen LogP contribution in [0.1, 0.15) is 29.8 Å². The number of hydrogen-bond donors (Lipinski definition) is 1. The highest BCUT2D eigenvalue weighted by molar-refractivity contribution is 8.01. The Labute approximate surface area is 154 Å². The molecule has 0 unspecified atom stereocenters. The molecule has 0 aliphatic heterocycles. The van der Waals surface area contributed by atoms with Gasteiger partial charge in [-0.1, -0.05) is 49.1 Å². The molecule has 0 aliphatic carbocycles. The Kier molecular flexibility index (Phi) is 5.83. The minimum atomic E-state index is -0.175. The highest BCUT2D eigenvalue weighted by atomic mass is 32.2. The molecule has 25 heavy (non-hydrogen) atoms. The van der Waals surface area contributed by atoms with Crippen molar-refractivity contribution in [2.24, 2.45) is 5.92 Å². The molecule has 0 saturated heterocycles. The van der Waals surface area contributed by atoms with E-state index in [1.807, 2.05) is 35.0 Å². The van der Waals surface area contributed by atoms with E-state index in [-0.39, 0.29) is 5.91 Å². The van der Waals surface area contributed by atoms with Crippen molar-refractivity contribution in [3.63, 3.8) is 0 Å². The summed E-state index contributed by atoms with van der Waals surface area (Å²) in [7, 11) is 0. The standard InChI is InChI=1S/C17H19N5OS2/c1-12(2)10-24-17-21-20-16(25-17)19-15(23)14-5-3-13(4-6-14)9-22-8-7-18-11-22/h3-8,11-12H,9-10H2,1-2H3,(H,19,20,23). The van der Waals surface area contributed by atoms with E-state index < -0.39 is 0 Å². The number of rotatable bonds is 7. The zero-order chi connectivity index (χ0) is 17.6. The quantitative estimate of drug-likeness (QED) is 0.504. The highest BCUT2D eigenvalue weighted by Crippen LogP contribution is 2.27. The molecular formula is C17H19N5OS2. The van der Waals surface area contributed by atoms with Crippen LogP contribution in [0.25, 0.3) is 0 Å². The van der Waals surface area contributed by atoms with Gasteiger partial charge in [0.15, 0.2) is 4.34 Å². The fourth-order valence-corrected chi connectivity index (χ4v) is 3.80. The predicted octanol–water partition coefficient (Wildman–Crippen LogP) is 3.78. The number of benzene rings is 1. The number of aromatic nitrogens is 4. The normalized spacial score (nSPS) is 11.0. The number of carbonyl (C=O) groups is 1. The number of nitrogens with one attached hydrogen (secondary N) is 1. The minimum absolute atomic E-state index is 0.175. The maximum Gasteiger partial charge on any atom is 0.257 e. The highest BCUT2D eigenvalue weighted by Gasteiger charge is 2.11. The van der Waals surface area contributed by atoms with Crippen LogP contribution in [0.3, 0.4) is 0 Å². The summed E-state index contributed by atoms with van der Waals surface area (Å²) in [6.45, 7) is 5.05. The molecule has 8 heteroatoms. The Balaban J connectivity index is 1.57. The fourth-order valence-electron chi connectivity index (χ4n) is 2.08. The average Bonchev–Trinajstić information content (AvgIpc) is 3.25. The van der Waals surface area contributed by atoms with E-state index in [9.17, 15) is 4.79 Å². The van der Waals surface area contributed by atoms with Gasteiger partial charge in [-0.2, -0.15) is 0 Å². The third-order valence-corrected chi connectivity index (χ3v) is 5.71. The van der Waals surface area contributed by atoms with E-state index >= 15 is 0 Å². The molecule has 0 fully saturated rings. The minimum Gasteiger partial charge on any atom is -0.333 e. The van der Waals surface area contributed by atoms with Gasteiger partial charge < -0.3 is 4.57 Å². The van der Waals surface area contributed by atoms with Gasteiger partial charge in [0, 0.05) is 30.3 Å². The molecule has 0 spiro atoms. The molecule has 0 atom stereocenters. The number of amides is 1. The SMILES string of the molecule is CC(C)CSc1nnc(NC(=O)c2ccc(Cn3ccnc3)cc2)s1. The molecule has 1 aromatic carbocycles. The Morgan fingerprint density at radius 1 is 1.28 bits per heavy atom. The zero-order valence-corrected chi connectivity index (χ0v) is 15.7. The van der Waals surface area contributed by atoms with Crippen LogP contribution in [0, 0.1) is 5.92 Å². The second kappa shape index (κ2) is 8.26. The molecule has 2 heterocycles. The Hall–Kier alpha value is -2.19. The predicted molar refractivity (Wildman–Crippen MR) is 101 cm³/mol. The molecule has 0 bridgehead atoms. The van der Waals surface area contributed by atoms with Gasteiger partial charge in [0.2, 0.25) is 5.13 Å². The van der Waals surface area contributed by atoms with Crippen LogP contribution >= 0.6 is 23.1 Å². The maximum absolute atomic E-state index is 12.3. The van der Waals surface area contributed by atoms with Crippen LogP contribution in [0.15, 0.2) is 47.3 Å². The first-order chi connectivity index (χ1) is 12.1. The van der Waals surface area contributed by atoms with Crippen LogP contribution in [0.4, 0.5) is 5.13 Å². The van der Waals surface area contributed by atoms with Crippen molar-refractivity contribution in [1.29, 1.82) is 0 Å². The summed E-state index contributed by atoms with van der Waals surface area (Å²) in [5, 5.41) is 11.5. The Morgan fingerprint density at radius 2 is 2.08 bits per heavy atom. The van der Waals surface area contributed by atoms with Crippen LogP contribution in [0.2, 0.25) is 0 Å². The summed E-state index contributed by atoms with van der Waals surface area (Å²) >= 11 is 3.06. The monoisotopic (exact) mass is 373 g/mol. The van der Waals surface area contributed by atoms with Crippen LogP contribution in [-0.2, 0) is 6.54 Å². The van der Waals surface area contributed by atoms with Crippen molar-refractivity contribution in [3.05, 3.63) is 54.1 Å². The smallest absolute Gasteiger partial charge is 0.257 e. The fraction of sp³-hybridized carbons (Fsp3) is 0.294. The Bertz CT molecular complexity index is 812. The van der Waals surface area contributed by atoms with Crippen molar-refractivity contribution >= 4 is 34.1 Å². The Morgan fingerprint density at radius 3 is 2.76 bits per heavy atom. The number of thioether (sulfide) groups is 1. The van der Waals surface area contributed by atoms with E-state index in [1.165, 1.54) is 11.3 Å². The van der Waals surface area contributed by atoms with Gasteiger partial charge >= 0.3 is 0 Å². The van der Waals surface area contributed by atoms with E-state index in [0.717, 1.165) is 22.2 Å². The summed E-state index contributed by atoms with van der Waals surface area (Å²) in [5.74, 6) is 1.40. The number of carbonyl (C=O) groups excluding carboxylic acids is 1. The lowest BCUT2D eigenvalue weighted by molar-refractivity contribution is 0.102. The number of imidazole rings is 1. The van der Waals surface area contributed by atoms with Crippen molar-refractivity contribution in [3.8, 4) is 0 Å². The summed E-state index contributed by atoms with van der Waals surface area (Å²) in [6, 6.07) is 7.52. The molecule has 6 nitrogen and oxygen atoms in total. The molecule has 3 rings (SSSR count). The van der Waals surface area contributed by atoms with Crippen LogP contribution in [-0.4, -0.2) is 31.4 Å². The van der Waals surface area contributed by atoms with E-state index in [1.54, 1.807) is 24.3 Å². The largest absolute Gasteiger partial charge is 0.333 e. The maximum atomic E-state index is 12.3. The summed E-state index contributed by atoms with van der Waals surface area (Å²) < 4.78 is 2.85. The lowest BCUT2D eigenvalue weighted by atomic mass is 10.1. The third kappa shape index (κ3) is 5.14. The van der Waals surface area contributed by atoms with Gasteiger partial charge in [-0.25, -0.2) is 4.98 Å². The second-order valence-corrected chi connectivity index (χ2v) is 8.21. The average molecular weight is 374 g/mol. The first-order valence-corrected chi connectivity index (χ1v) is 9.72. The van der Waals surface area contributed by atoms with Gasteiger partial charge in [-0.3, -0.25) is 10.1 Å². The zero-order valence-electron chi connectivity index (χ0n) is 14.0. The molecule has 1 N–H and O–H groups in total. The number of nitrogens with zero attached hydrogens (tertiary/aromatic N) is 4. The third-order valence-electron chi connectivity index (χ3n) is 3.31. The van der Waals surface area contributed by atoms with Crippen molar-refractivity contribution in [2.45, 2.75) is 24.7 Å². The molecule has 2 aromatic heterocycles. The number of hydrogen-bond acceptors (Lipinski definition) is 6. The van der Waals surface area contributed by atoms with E-state index in [4.69, 9.17) is 0 Å². The van der Waals surface area contributed by atoms with Gasteiger partial charge in [0.1, 0.15) is 0 Å². The topological polar surface area (TPSA) is 72.7 Å². The molecule has 0 saturated carbocycles. The summed E-state index contributed by atoms with van der Waals surface area (Å²) in [6.07, 6.45) is 5.42. The van der Waals surface area contributed by atoms with Gasteiger partial charge in [-0.05, 0) is 23.6 Å². The number of anilines is 1. The first-order valence-electron chi connectivity index (χ1n) is 7.92. The van der Waals surface area contributed by atoms with Crippen molar-refractivity contribution in [2.75, 3.05) is 11.1 Å². The van der Waals surface area contributed by atoms with Crippen molar-refractivity contribution in [1.82, 2.24) is 19.7 Å². The van der Waals surface area contributed by atoms with Crippen molar-refractivity contribution < 1.29 is 4.79 Å². The molecule has 0 radical (unpaired) electrons. The lowest BCUT2D eigenvalue weighted by Crippen LogP contribution is -2.11. The molecule has 3 aromatic rings. The molecular weight excluding hydrogens is 354 g/mol. The molecule has 0 aliphatic rings. The van der Waals surface area contributed by atoms with E-state index in [0.29, 0.717) is 16.6 Å². The second-order valence-electron chi connectivity index (χ2n) is 5.96. The first kappa shape index (κ1) is 17.6. The molecule has 130 valence electrons. The van der Waals surface area contributed by atoms with Crippen LogP contribution < -0.4 is 5.32 Å². The van der Waals surface area contributed by atoms with Gasteiger partial charge in [0.05, 0.1) is 6.33 Å². The summed E-state index contributed by atoms with van der Waals surface area (Å²) in [4.78, 5) is 16.3. The lowest BCUT2D eigenvalue weighted by Gasteiger charge is -2.05. The summed E-state index contributed by atoms with van der Waals surface area (Å²) in [5.41, 5.74) is 1.71. The van der Waals surface area contributed by atoms with E-state index in [2.05, 4.69) is 34.3 Å². The van der Waals surface area contributed by atoms with Gasteiger partial charge in [0.25, 0.3) is 5.91 Å². The molecule has 1 amide bonds. The van der Waals surface area contributed by atoms with Crippen LogP contribution in [0.5, 0.6) is 0 Å².